The number of ether oxygens (including phenoxy) is 3. The van der Waals surface area contributed by atoms with Gasteiger partial charge in [-0.1, -0.05) is 39.5 Å². The first-order chi connectivity index (χ1) is 10.7. The Balaban J connectivity index is 2.72. The van der Waals surface area contributed by atoms with Gasteiger partial charge in [0.25, 0.3) is 0 Å². The van der Waals surface area contributed by atoms with Crippen LogP contribution in [0.5, 0.6) is 11.5 Å². The van der Waals surface area contributed by atoms with E-state index < -0.39 is 0 Å². The third kappa shape index (κ3) is 6.37. The molecule has 0 aliphatic rings. The van der Waals surface area contributed by atoms with Crippen LogP contribution >= 0.6 is 0 Å². The summed E-state index contributed by atoms with van der Waals surface area (Å²) in [4.78, 5) is 11.6. The van der Waals surface area contributed by atoms with Crippen LogP contribution in [0.2, 0.25) is 0 Å². The van der Waals surface area contributed by atoms with Crippen LogP contribution in [0.3, 0.4) is 0 Å². The number of rotatable bonds is 11. The molecule has 22 heavy (non-hydrogen) atoms. The highest BCUT2D eigenvalue weighted by atomic mass is 16.5. The van der Waals surface area contributed by atoms with Crippen molar-refractivity contribution < 1.29 is 19.0 Å². The van der Waals surface area contributed by atoms with Gasteiger partial charge >= 0.3 is 5.97 Å². The number of carbonyl (C=O) groups is 1. The Morgan fingerprint density at radius 2 is 1.50 bits per heavy atom. The Bertz CT molecular complexity index is 443. The van der Waals surface area contributed by atoms with Crippen LogP contribution < -0.4 is 9.47 Å². The zero-order chi connectivity index (χ0) is 16.2. The summed E-state index contributed by atoms with van der Waals surface area (Å²) in [7, 11) is 1.37. The average molecular weight is 308 g/mol. The van der Waals surface area contributed by atoms with E-state index in [1.807, 2.05) is 0 Å². The summed E-state index contributed by atoms with van der Waals surface area (Å²) in [6.45, 7) is 5.61. The molecule has 0 spiro atoms. The summed E-state index contributed by atoms with van der Waals surface area (Å²) >= 11 is 0. The normalized spacial score (nSPS) is 10.3. The van der Waals surface area contributed by atoms with E-state index in [1.165, 1.54) is 7.11 Å². The molecule has 0 amide bonds. The van der Waals surface area contributed by atoms with E-state index in [-0.39, 0.29) is 5.97 Å². The van der Waals surface area contributed by atoms with Gasteiger partial charge in [-0.05, 0) is 31.0 Å². The second-order valence-electron chi connectivity index (χ2n) is 5.26. The molecule has 0 heterocycles. The predicted octanol–water partition coefficient (Wildman–Crippen LogP) is 4.61. The van der Waals surface area contributed by atoms with Crippen LogP contribution in [-0.2, 0) is 4.74 Å². The summed E-state index contributed by atoms with van der Waals surface area (Å²) < 4.78 is 16.3. The SMILES string of the molecule is CCCCCOc1ccc(C(=O)OC)cc1OCCCCC. The van der Waals surface area contributed by atoms with Crippen LogP contribution in [0, 0.1) is 0 Å². The van der Waals surface area contributed by atoms with Gasteiger partial charge in [-0.2, -0.15) is 0 Å². The molecule has 4 nitrogen and oxygen atoms in total. The minimum Gasteiger partial charge on any atom is -0.490 e. The van der Waals surface area contributed by atoms with Gasteiger partial charge in [-0.3, -0.25) is 0 Å². The third-order valence-corrected chi connectivity index (χ3v) is 3.38. The molecule has 1 rings (SSSR count). The smallest absolute Gasteiger partial charge is 0.337 e. The van der Waals surface area contributed by atoms with Crippen molar-refractivity contribution in [2.45, 2.75) is 52.4 Å². The van der Waals surface area contributed by atoms with E-state index in [2.05, 4.69) is 13.8 Å². The first-order valence-electron chi connectivity index (χ1n) is 8.20. The standard InChI is InChI=1S/C18H28O4/c1-4-6-8-12-21-16-11-10-15(18(19)20-3)14-17(16)22-13-9-7-5-2/h10-11,14H,4-9,12-13H2,1-3H3. The largest absolute Gasteiger partial charge is 0.490 e. The molecule has 124 valence electrons. The van der Waals surface area contributed by atoms with Crippen molar-refractivity contribution in [2.24, 2.45) is 0 Å². The lowest BCUT2D eigenvalue weighted by molar-refractivity contribution is 0.0600. The summed E-state index contributed by atoms with van der Waals surface area (Å²) in [6.07, 6.45) is 6.59. The minimum absolute atomic E-state index is 0.365. The maximum Gasteiger partial charge on any atom is 0.337 e. The molecule has 1 aromatic rings. The van der Waals surface area contributed by atoms with Crippen molar-refractivity contribution in [3.8, 4) is 11.5 Å². The summed E-state index contributed by atoms with van der Waals surface area (Å²) in [5.41, 5.74) is 0.480. The van der Waals surface area contributed by atoms with E-state index in [4.69, 9.17) is 14.2 Å². The predicted molar refractivity (Wildman–Crippen MR) is 87.8 cm³/mol. The van der Waals surface area contributed by atoms with Gasteiger partial charge in [0.05, 0.1) is 25.9 Å². The molecule has 0 unspecified atom stereocenters. The van der Waals surface area contributed by atoms with Crippen LogP contribution in [0.4, 0.5) is 0 Å². The molecular weight excluding hydrogens is 280 g/mol. The molecular formula is C18H28O4. The molecule has 0 aliphatic heterocycles. The first-order valence-corrected chi connectivity index (χ1v) is 8.20. The van der Waals surface area contributed by atoms with Crippen molar-refractivity contribution in [1.82, 2.24) is 0 Å². The molecule has 0 N–H and O–H groups in total. The highest BCUT2D eigenvalue weighted by molar-refractivity contribution is 5.90. The molecule has 0 atom stereocenters. The molecule has 0 aliphatic carbocycles. The van der Waals surface area contributed by atoms with Crippen molar-refractivity contribution in [2.75, 3.05) is 20.3 Å². The minimum atomic E-state index is -0.365. The number of unbranched alkanes of at least 4 members (excludes halogenated alkanes) is 4. The quantitative estimate of drug-likeness (QED) is 0.442. The van der Waals surface area contributed by atoms with Crippen molar-refractivity contribution in [3.05, 3.63) is 23.8 Å². The van der Waals surface area contributed by atoms with Gasteiger partial charge in [-0.25, -0.2) is 4.79 Å². The lowest BCUT2D eigenvalue weighted by Gasteiger charge is -2.14. The van der Waals surface area contributed by atoms with Gasteiger partial charge in [-0.15, -0.1) is 0 Å². The van der Waals surface area contributed by atoms with Gasteiger partial charge in [0.1, 0.15) is 0 Å². The highest BCUT2D eigenvalue weighted by Crippen LogP contribution is 2.29. The maximum atomic E-state index is 11.6. The summed E-state index contributed by atoms with van der Waals surface area (Å²) in [5.74, 6) is 0.951. The molecule has 4 heteroatoms. The zero-order valence-corrected chi connectivity index (χ0v) is 14.0. The number of carbonyl (C=O) groups excluding carboxylic acids is 1. The second-order valence-corrected chi connectivity index (χ2v) is 5.26. The van der Waals surface area contributed by atoms with E-state index in [0.29, 0.717) is 30.3 Å². The molecule has 0 radical (unpaired) electrons. The van der Waals surface area contributed by atoms with Crippen LogP contribution in [0.25, 0.3) is 0 Å². The first kappa shape index (κ1) is 18.3. The topological polar surface area (TPSA) is 44.8 Å². The Morgan fingerprint density at radius 3 is 2.05 bits per heavy atom. The van der Waals surface area contributed by atoms with Gasteiger partial charge < -0.3 is 14.2 Å². The maximum absolute atomic E-state index is 11.6. The fourth-order valence-electron chi connectivity index (χ4n) is 2.05. The Morgan fingerprint density at radius 1 is 0.909 bits per heavy atom. The fraction of sp³-hybridized carbons (Fsp3) is 0.611. The lowest BCUT2D eigenvalue weighted by atomic mass is 10.2. The number of esters is 1. The van der Waals surface area contributed by atoms with Crippen LogP contribution in [-0.4, -0.2) is 26.3 Å². The fourth-order valence-corrected chi connectivity index (χ4v) is 2.05. The van der Waals surface area contributed by atoms with Gasteiger partial charge in [0, 0.05) is 0 Å². The summed E-state index contributed by atoms with van der Waals surface area (Å²) in [6, 6.07) is 5.19. The number of hydrogen-bond acceptors (Lipinski definition) is 4. The Kier molecular flexibility index (Phi) is 9.12. The van der Waals surface area contributed by atoms with Crippen LogP contribution in [0.1, 0.15) is 62.7 Å². The molecule has 0 saturated heterocycles. The second kappa shape index (κ2) is 10.9. The average Bonchev–Trinajstić information content (AvgIpc) is 2.55. The van der Waals surface area contributed by atoms with E-state index in [0.717, 1.165) is 38.5 Å². The number of methoxy groups -OCH3 is 1. The van der Waals surface area contributed by atoms with Gasteiger partial charge in [0.2, 0.25) is 0 Å². The van der Waals surface area contributed by atoms with Crippen molar-refractivity contribution >= 4 is 5.97 Å². The van der Waals surface area contributed by atoms with Crippen molar-refractivity contribution in [1.29, 1.82) is 0 Å². The summed E-state index contributed by atoms with van der Waals surface area (Å²) in [5, 5.41) is 0. The molecule has 0 fully saturated rings. The molecule has 0 bridgehead atoms. The van der Waals surface area contributed by atoms with E-state index in [1.54, 1.807) is 18.2 Å². The van der Waals surface area contributed by atoms with E-state index >= 15 is 0 Å². The Labute approximate surface area is 133 Å². The number of benzene rings is 1. The van der Waals surface area contributed by atoms with Crippen molar-refractivity contribution in [3.63, 3.8) is 0 Å². The molecule has 0 saturated carbocycles. The third-order valence-electron chi connectivity index (χ3n) is 3.38. The monoisotopic (exact) mass is 308 g/mol. The lowest BCUT2D eigenvalue weighted by Crippen LogP contribution is -2.06. The molecule has 1 aromatic carbocycles. The van der Waals surface area contributed by atoms with Gasteiger partial charge in [0.15, 0.2) is 11.5 Å². The van der Waals surface area contributed by atoms with E-state index in [9.17, 15) is 4.79 Å². The highest BCUT2D eigenvalue weighted by Gasteiger charge is 2.12. The zero-order valence-electron chi connectivity index (χ0n) is 14.0. The molecule has 0 aromatic heterocycles. The van der Waals surface area contributed by atoms with Crippen LogP contribution in [0.15, 0.2) is 18.2 Å². The number of hydrogen-bond donors (Lipinski definition) is 0. The Hall–Kier alpha value is -1.71.